The molecule has 3 aromatic rings. The van der Waals surface area contributed by atoms with Gasteiger partial charge in [-0.1, -0.05) is 17.3 Å². The Kier molecular flexibility index (Phi) is 10.1. The molecule has 0 radical (unpaired) electrons. The second kappa shape index (κ2) is 11.9. The van der Waals surface area contributed by atoms with E-state index in [-0.39, 0.29) is 77.9 Å². The summed E-state index contributed by atoms with van der Waals surface area (Å²) in [6, 6.07) is 9.80. The van der Waals surface area contributed by atoms with Crippen LogP contribution in [0.1, 0.15) is 35.2 Å². The Balaban J connectivity index is 0.00000204. The van der Waals surface area contributed by atoms with Crippen LogP contribution in [0.25, 0.3) is 11.3 Å². The third-order valence-electron chi connectivity index (χ3n) is 5.54. The molecule has 6 nitrogen and oxygen atoms in total. The first-order valence-corrected chi connectivity index (χ1v) is 10.7. The Morgan fingerprint density at radius 2 is 2.06 bits per heavy atom. The number of anilines is 2. The number of amides is 1. The van der Waals surface area contributed by atoms with Crippen molar-refractivity contribution in [1.82, 2.24) is 14.8 Å². The summed E-state index contributed by atoms with van der Waals surface area (Å²) in [5.74, 6) is -2.79. The molecule has 4 rings (SSSR count). The second-order valence-corrected chi connectivity index (χ2v) is 8.32. The Hall–Kier alpha value is -1.52. The molecular formula is C24H26ClF2N5OSr. The van der Waals surface area contributed by atoms with Crippen molar-refractivity contribution in [3.63, 3.8) is 0 Å². The number of benzene rings is 1. The zero-order valence-electron chi connectivity index (χ0n) is 19.5. The van der Waals surface area contributed by atoms with Gasteiger partial charge in [0.2, 0.25) is 11.8 Å². The standard InChI is InChI=1S/C23H23ClF2N5O.CH3.Sr/c1-15-18(22(32)28-17-7-4-3-5-8-17)21(31-11-6-9-23(25,26)10-12-31)29-20(19(15)24)16-13-27-30(2)14-16;;/h3-4,7-8,13-14H,6,9-12H2,1-2H3,(H,28,32);1H3;/q2*-1;+2. The van der Waals surface area contributed by atoms with E-state index in [1.54, 1.807) is 60.2 Å². The van der Waals surface area contributed by atoms with Gasteiger partial charge in [-0.25, -0.2) is 13.8 Å². The number of hydrogen-bond acceptors (Lipinski definition) is 4. The van der Waals surface area contributed by atoms with E-state index in [1.165, 1.54) is 0 Å². The summed E-state index contributed by atoms with van der Waals surface area (Å²) in [5, 5.41) is 7.34. The summed E-state index contributed by atoms with van der Waals surface area (Å²) in [5.41, 5.74) is 2.53. The summed E-state index contributed by atoms with van der Waals surface area (Å²) < 4.78 is 29.7. The van der Waals surface area contributed by atoms with Gasteiger partial charge in [0.15, 0.2) is 0 Å². The number of halogens is 3. The number of nitrogens with one attached hydrogen (secondary N) is 1. The van der Waals surface area contributed by atoms with Gasteiger partial charge in [-0.2, -0.15) is 29.4 Å². The summed E-state index contributed by atoms with van der Waals surface area (Å²) in [6.45, 7) is 2.20. The quantitative estimate of drug-likeness (QED) is 0.352. The van der Waals surface area contributed by atoms with Gasteiger partial charge in [-0.3, -0.25) is 9.48 Å². The number of pyridine rings is 1. The molecule has 10 heteroatoms. The zero-order valence-corrected chi connectivity index (χ0v) is 23.8. The van der Waals surface area contributed by atoms with E-state index in [4.69, 9.17) is 16.6 Å². The smallest absolute Gasteiger partial charge is 0.375 e. The summed E-state index contributed by atoms with van der Waals surface area (Å²) >= 11 is 6.65. The molecular weight excluding hydrogens is 535 g/mol. The van der Waals surface area contributed by atoms with Crippen LogP contribution in [0, 0.1) is 20.4 Å². The second-order valence-electron chi connectivity index (χ2n) is 7.94. The average molecular weight is 562 g/mol. The van der Waals surface area contributed by atoms with Crippen molar-refractivity contribution in [2.24, 2.45) is 7.05 Å². The largest absolute Gasteiger partial charge is 2.00 e. The third-order valence-corrected chi connectivity index (χ3v) is 6.00. The van der Waals surface area contributed by atoms with Crippen LogP contribution in [0.3, 0.4) is 0 Å². The Morgan fingerprint density at radius 3 is 2.71 bits per heavy atom. The SMILES string of the molecule is Cc1c(Cl)c(-c2cnn(C)c2)nc(N2CCCC(F)(F)CC2)c1C(=O)Nc1c[c-]ccc1.[CH3-].[Sr+2]. The van der Waals surface area contributed by atoms with E-state index in [9.17, 15) is 13.6 Å². The van der Waals surface area contributed by atoms with Crippen LogP contribution < -0.4 is 10.2 Å². The fourth-order valence-corrected chi connectivity index (χ4v) is 4.09. The Labute approximate surface area is 241 Å². The molecule has 176 valence electrons. The van der Waals surface area contributed by atoms with Crippen LogP contribution in [0.15, 0.2) is 36.7 Å². The number of aromatic nitrogens is 3. The molecule has 3 heterocycles. The van der Waals surface area contributed by atoms with Gasteiger partial charge in [0.1, 0.15) is 5.82 Å². The third kappa shape index (κ3) is 6.37. The van der Waals surface area contributed by atoms with Crippen LogP contribution in [0.4, 0.5) is 20.3 Å². The monoisotopic (exact) mass is 561 g/mol. The summed E-state index contributed by atoms with van der Waals surface area (Å²) in [6.07, 6.45) is 3.22. The number of nitrogens with zero attached hydrogens (tertiary/aromatic N) is 4. The van der Waals surface area contributed by atoms with Gasteiger partial charge in [-0.05, 0) is 18.9 Å². The minimum Gasteiger partial charge on any atom is -0.375 e. The van der Waals surface area contributed by atoms with Crippen LogP contribution in [-0.2, 0) is 7.05 Å². The number of aryl methyl sites for hydroxylation is 1. The number of hydrogen-bond donors (Lipinski definition) is 1. The molecule has 0 unspecified atom stereocenters. The van der Waals surface area contributed by atoms with Crippen molar-refractivity contribution in [2.45, 2.75) is 32.1 Å². The Morgan fingerprint density at radius 1 is 1.29 bits per heavy atom. The van der Waals surface area contributed by atoms with Crippen molar-refractivity contribution < 1.29 is 13.6 Å². The molecule has 2 aromatic heterocycles. The molecule has 1 amide bonds. The number of alkyl halides is 2. The van der Waals surface area contributed by atoms with E-state index in [0.717, 1.165) is 0 Å². The number of carbonyl (C=O) groups is 1. The van der Waals surface area contributed by atoms with Crippen molar-refractivity contribution in [2.75, 3.05) is 23.3 Å². The molecule has 1 aromatic carbocycles. The fraction of sp³-hybridized carbons (Fsp3) is 0.333. The van der Waals surface area contributed by atoms with Crippen LogP contribution >= 0.6 is 11.6 Å². The number of rotatable bonds is 4. The predicted octanol–water partition coefficient (Wildman–Crippen LogP) is 5.19. The Bertz CT molecular complexity index is 1140. The van der Waals surface area contributed by atoms with E-state index in [2.05, 4.69) is 16.5 Å². The van der Waals surface area contributed by atoms with E-state index in [0.29, 0.717) is 46.3 Å². The van der Waals surface area contributed by atoms with Gasteiger partial charge in [0.05, 0.1) is 22.5 Å². The molecule has 1 aliphatic heterocycles. The predicted molar refractivity (Wildman–Crippen MR) is 133 cm³/mol. The molecule has 0 saturated carbocycles. The van der Waals surface area contributed by atoms with E-state index < -0.39 is 11.8 Å². The van der Waals surface area contributed by atoms with Gasteiger partial charge in [0.25, 0.3) is 0 Å². The van der Waals surface area contributed by atoms with Gasteiger partial charge < -0.3 is 17.6 Å². The van der Waals surface area contributed by atoms with Gasteiger partial charge in [-0.15, -0.1) is 6.07 Å². The normalized spacial score (nSPS) is 15.0. The summed E-state index contributed by atoms with van der Waals surface area (Å²) in [7, 11) is 1.78. The fourth-order valence-electron chi connectivity index (χ4n) is 3.84. The van der Waals surface area contributed by atoms with Crippen LogP contribution in [-0.4, -0.2) is 85.2 Å². The molecule has 0 aliphatic carbocycles. The maximum Gasteiger partial charge on any atom is 2.00 e. The van der Waals surface area contributed by atoms with Crippen LogP contribution in [0.2, 0.25) is 5.02 Å². The first kappa shape index (κ1) is 28.7. The first-order chi connectivity index (χ1) is 15.2. The molecule has 1 fully saturated rings. The topological polar surface area (TPSA) is 63.1 Å². The van der Waals surface area contributed by atoms with E-state index >= 15 is 0 Å². The molecule has 1 aliphatic rings. The molecule has 1 saturated heterocycles. The van der Waals surface area contributed by atoms with Crippen molar-refractivity contribution >= 4 is 74.5 Å². The minimum atomic E-state index is -2.73. The van der Waals surface area contributed by atoms with Gasteiger partial charge in [0, 0.05) is 44.7 Å². The van der Waals surface area contributed by atoms with Gasteiger partial charge >= 0.3 is 45.5 Å². The van der Waals surface area contributed by atoms with E-state index in [1.807, 2.05) is 0 Å². The molecule has 34 heavy (non-hydrogen) atoms. The van der Waals surface area contributed by atoms with Crippen molar-refractivity contribution in [3.05, 3.63) is 66.3 Å². The zero-order chi connectivity index (χ0) is 22.9. The summed E-state index contributed by atoms with van der Waals surface area (Å²) in [4.78, 5) is 19.8. The van der Waals surface area contributed by atoms with Crippen LogP contribution in [0.5, 0.6) is 0 Å². The average Bonchev–Trinajstić information content (AvgIpc) is 3.10. The number of carbonyl (C=O) groups excluding carboxylic acids is 1. The molecule has 0 spiro atoms. The van der Waals surface area contributed by atoms with Crippen molar-refractivity contribution in [3.8, 4) is 11.3 Å². The molecule has 1 N–H and O–H groups in total. The van der Waals surface area contributed by atoms with Crippen molar-refractivity contribution in [1.29, 1.82) is 0 Å². The first-order valence-electron chi connectivity index (χ1n) is 10.3. The maximum atomic E-state index is 14.0. The maximum absolute atomic E-state index is 14.0. The molecule has 0 atom stereocenters. The molecule has 0 bridgehead atoms. The minimum absolute atomic E-state index is 0.